The molecule has 2 N–H and O–H groups in total. The van der Waals surface area contributed by atoms with Crippen molar-refractivity contribution in [2.45, 2.75) is 0 Å². The van der Waals surface area contributed by atoms with Gasteiger partial charge in [0, 0.05) is 0 Å². The summed E-state index contributed by atoms with van der Waals surface area (Å²) in [5.74, 6) is -1.01. The SMILES string of the molecule is [C-]#[N+]c1ccc(-c2ccc(Oc3nn[nH]c3C(=O)O)cn2)cc1. The number of pyridine rings is 1. The van der Waals surface area contributed by atoms with E-state index in [-0.39, 0.29) is 11.6 Å². The minimum atomic E-state index is -1.21. The Labute approximate surface area is 130 Å². The third-order valence-corrected chi connectivity index (χ3v) is 2.97. The number of nitrogens with one attached hydrogen (secondary N) is 1. The first kappa shape index (κ1) is 14.2. The van der Waals surface area contributed by atoms with Crippen molar-refractivity contribution in [1.29, 1.82) is 0 Å². The second-order valence-corrected chi connectivity index (χ2v) is 4.44. The van der Waals surface area contributed by atoms with E-state index in [4.69, 9.17) is 16.4 Å². The Morgan fingerprint density at radius 3 is 2.61 bits per heavy atom. The largest absolute Gasteiger partial charge is 0.476 e. The maximum atomic E-state index is 10.9. The molecule has 0 spiro atoms. The summed E-state index contributed by atoms with van der Waals surface area (Å²) in [5, 5.41) is 18.1. The van der Waals surface area contributed by atoms with Gasteiger partial charge in [-0.05, 0) is 17.7 Å². The summed E-state index contributed by atoms with van der Waals surface area (Å²) >= 11 is 0. The highest BCUT2D eigenvalue weighted by molar-refractivity contribution is 5.87. The molecular weight excluding hydrogens is 298 g/mol. The molecule has 3 aromatic rings. The maximum Gasteiger partial charge on any atom is 0.359 e. The smallest absolute Gasteiger partial charge is 0.359 e. The van der Waals surface area contributed by atoms with Crippen LogP contribution in [0.3, 0.4) is 0 Å². The lowest BCUT2D eigenvalue weighted by molar-refractivity contribution is 0.0687. The van der Waals surface area contributed by atoms with E-state index in [1.54, 1.807) is 36.4 Å². The monoisotopic (exact) mass is 307 g/mol. The van der Waals surface area contributed by atoms with Gasteiger partial charge in [-0.15, -0.1) is 0 Å². The number of benzene rings is 1. The molecule has 8 heteroatoms. The van der Waals surface area contributed by atoms with Gasteiger partial charge in [-0.1, -0.05) is 34.6 Å². The van der Waals surface area contributed by atoms with Crippen LogP contribution in [-0.2, 0) is 0 Å². The molecule has 23 heavy (non-hydrogen) atoms. The van der Waals surface area contributed by atoms with E-state index >= 15 is 0 Å². The summed E-state index contributed by atoms with van der Waals surface area (Å²) in [6.07, 6.45) is 1.46. The van der Waals surface area contributed by atoms with Gasteiger partial charge in [-0.3, -0.25) is 4.98 Å². The molecule has 0 saturated heterocycles. The Balaban J connectivity index is 1.80. The number of nitrogens with zero attached hydrogens (tertiary/aromatic N) is 4. The second-order valence-electron chi connectivity index (χ2n) is 4.44. The highest BCUT2D eigenvalue weighted by atomic mass is 16.5. The van der Waals surface area contributed by atoms with Crippen LogP contribution >= 0.6 is 0 Å². The summed E-state index contributed by atoms with van der Waals surface area (Å²) in [5.41, 5.74) is 1.88. The highest BCUT2D eigenvalue weighted by Crippen LogP contribution is 2.25. The zero-order valence-corrected chi connectivity index (χ0v) is 11.6. The lowest BCUT2D eigenvalue weighted by atomic mass is 10.1. The third kappa shape index (κ3) is 2.98. The van der Waals surface area contributed by atoms with Gasteiger partial charge in [0.2, 0.25) is 5.69 Å². The number of ether oxygens (including phenoxy) is 1. The molecular formula is C15H9N5O3. The predicted octanol–water partition coefficient (Wildman–Crippen LogP) is 2.91. The van der Waals surface area contributed by atoms with Crippen LogP contribution in [0, 0.1) is 6.57 Å². The van der Waals surface area contributed by atoms with Crippen molar-refractivity contribution in [1.82, 2.24) is 20.4 Å². The predicted molar refractivity (Wildman–Crippen MR) is 79.4 cm³/mol. The molecule has 0 aliphatic carbocycles. The van der Waals surface area contributed by atoms with Crippen LogP contribution in [0.1, 0.15) is 10.5 Å². The van der Waals surface area contributed by atoms with Crippen molar-refractivity contribution in [3.63, 3.8) is 0 Å². The summed E-state index contributed by atoms with van der Waals surface area (Å²) in [6.45, 7) is 6.93. The van der Waals surface area contributed by atoms with Crippen LogP contribution in [0.2, 0.25) is 0 Å². The van der Waals surface area contributed by atoms with Crippen LogP contribution in [0.5, 0.6) is 11.6 Å². The Bertz CT molecular complexity index is 879. The normalized spacial score (nSPS) is 10.0. The number of carbonyl (C=O) groups is 1. The zero-order valence-electron chi connectivity index (χ0n) is 11.6. The summed E-state index contributed by atoms with van der Waals surface area (Å²) < 4.78 is 5.35. The van der Waals surface area contributed by atoms with Crippen LogP contribution < -0.4 is 4.74 Å². The van der Waals surface area contributed by atoms with Crippen molar-refractivity contribution in [3.8, 4) is 22.9 Å². The highest BCUT2D eigenvalue weighted by Gasteiger charge is 2.16. The minimum Gasteiger partial charge on any atom is -0.476 e. The average molecular weight is 307 g/mol. The van der Waals surface area contributed by atoms with Gasteiger partial charge in [-0.25, -0.2) is 14.7 Å². The Morgan fingerprint density at radius 1 is 1.22 bits per heavy atom. The molecule has 2 heterocycles. The van der Waals surface area contributed by atoms with Crippen LogP contribution in [0.15, 0.2) is 42.6 Å². The van der Waals surface area contributed by atoms with Gasteiger partial charge in [0.1, 0.15) is 5.75 Å². The van der Waals surface area contributed by atoms with E-state index in [2.05, 4.69) is 25.2 Å². The van der Waals surface area contributed by atoms with E-state index in [0.29, 0.717) is 17.1 Å². The summed E-state index contributed by atoms with van der Waals surface area (Å²) in [6, 6.07) is 10.4. The van der Waals surface area contributed by atoms with Crippen molar-refractivity contribution in [2.24, 2.45) is 0 Å². The summed E-state index contributed by atoms with van der Waals surface area (Å²) in [7, 11) is 0. The van der Waals surface area contributed by atoms with Crippen LogP contribution in [-0.4, -0.2) is 31.5 Å². The second kappa shape index (κ2) is 5.95. The molecule has 0 aliphatic rings. The van der Waals surface area contributed by atoms with Gasteiger partial charge < -0.3 is 9.84 Å². The molecule has 0 aliphatic heterocycles. The molecule has 8 nitrogen and oxygen atoms in total. The number of carboxylic acids is 1. The molecule has 0 radical (unpaired) electrons. The fourth-order valence-corrected chi connectivity index (χ4v) is 1.86. The van der Waals surface area contributed by atoms with E-state index in [9.17, 15) is 4.79 Å². The molecule has 0 fully saturated rings. The van der Waals surface area contributed by atoms with Crippen molar-refractivity contribution in [2.75, 3.05) is 0 Å². The number of aromatic carboxylic acids is 1. The van der Waals surface area contributed by atoms with Crippen LogP contribution in [0.4, 0.5) is 5.69 Å². The van der Waals surface area contributed by atoms with Gasteiger partial charge >= 0.3 is 5.97 Å². The zero-order chi connectivity index (χ0) is 16.2. The van der Waals surface area contributed by atoms with Gasteiger partial charge in [0.05, 0.1) is 18.5 Å². The quantitative estimate of drug-likeness (QED) is 0.718. The average Bonchev–Trinajstić information content (AvgIpc) is 3.04. The third-order valence-electron chi connectivity index (χ3n) is 2.97. The Hall–Kier alpha value is -3.73. The number of H-pyrrole nitrogens is 1. The topological polar surface area (TPSA) is 105 Å². The van der Waals surface area contributed by atoms with Gasteiger partial charge in [-0.2, -0.15) is 0 Å². The Morgan fingerprint density at radius 2 is 2.00 bits per heavy atom. The van der Waals surface area contributed by atoms with Crippen molar-refractivity contribution >= 4 is 11.7 Å². The first-order chi connectivity index (χ1) is 11.2. The van der Waals surface area contributed by atoms with E-state index in [1.165, 1.54) is 6.20 Å². The molecule has 2 aromatic heterocycles. The molecule has 0 bridgehead atoms. The lowest BCUT2D eigenvalue weighted by Gasteiger charge is -2.04. The van der Waals surface area contributed by atoms with E-state index in [1.807, 2.05) is 0 Å². The van der Waals surface area contributed by atoms with Crippen molar-refractivity contribution < 1.29 is 14.6 Å². The maximum absolute atomic E-state index is 10.9. The molecule has 0 amide bonds. The van der Waals surface area contributed by atoms with Gasteiger partial charge in [0.15, 0.2) is 5.69 Å². The first-order valence-corrected chi connectivity index (χ1v) is 6.43. The van der Waals surface area contributed by atoms with E-state index < -0.39 is 5.97 Å². The number of aromatic nitrogens is 4. The fourth-order valence-electron chi connectivity index (χ4n) is 1.86. The lowest BCUT2D eigenvalue weighted by Crippen LogP contribution is -1.99. The number of carboxylic acid groups (broad SMARTS) is 1. The standard InChI is InChI=1S/C15H9N5O3/c1-16-10-4-2-9(3-5-10)12-7-6-11(8-17-12)23-14-13(15(21)22)18-20-19-14/h2-8H,(H,21,22)(H,18,19,20). The molecule has 0 saturated carbocycles. The van der Waals surface area contributed by atoms with E-state index in [0.717, 1.165) is 5.56 Å². The molecule has 0 atom stereocenters. The van der Waals surface area contributed by atoms with Gasteiger partial charge in [0.25, 0.3) is 5.88 Å². The van der Waals surface area contributed by atoms with Crippen molar-refractivity contribution in [3.05, 3.63) is 59.7 Å². The Kier molecular flexibility index (Phi) is 3.68. The molecule has 1 aromatic carbocycles. The number of aromatic amines is 1. The molecule has 3 rings (SSSR count). The fraction of sp³-hybridized carbons (Fsp3) is 0. The van der Waals surface area contributed by atoms with Crippen LogP contribution in [0.25, 0.3) is 16.1 Å². The first-order valence-electron chi connectivity index (χ1n) is 6.43. The summed E-state index contributed by atoms with van der Waals surface area (Å²) in [4.78, 5) is 18.5. The molecule has 112 valence electrons. The number of hydrogen-bond acceptors (Lipinski definition) is 5. The minimum absolute atomic E-state index is 0.131. The number of rotatable bonds is 4. The molecule has 0 unspecified atom stereocenters. The number of hydrogen-bond donors (Lipinski definition) is 2.